The number of hydrogen-bond donors (Lipinski definition) is 1. The average molecular weight is 299 g/mol. The number of oxime groups is 1. The molecule has 0 fully saturated rings. The van der Waals surface area contributed by atoms with E-state index in [-0.39, 0.29) is 0 Å². The monoisotopic (exact) mass is 299 g/mol. The van der Waals surface area contributed by atoms with Crippen molar-refractivity contribution >= 4 is 17.5 Å². The zero-order valence-electron chi connectivity index (χ0n) is 11.8. The van der Waals surface area contributed by atoms with Crippen LogP contribution in [0.4, 0.5) is 0 Å². The van der Waals surface area contributed by atoms with Gasteiger partial charge in [0.05, 0.1) is 12.3 Å². The number of thioether (sulfide) groups is 1. The molecular formula is C17H17NO2S. The molecule has 1 N–H and O–H groups in total. The van der Waals surface area contributed by atoms with Crippen molar-refractivity contribution in [2.75, 3.05) is 12.4 Å². The predicted octanol–water partition coefficient (Wildman–Crippen LogP) is 4.15. The molecule has 0 amide bonds. The van der Waals surface area contributed by atoms with E-state index in [4.69, 9.17) is 9.94 Å². The fourth-order valence-electron chi connectivity index (χ4n) is 2.50. The molecule has 21 heavy (non-hydrogen) atoms. The van der Waals surface area contributed by atoms with Crippen LogP contribution in [-0.2, 0) is 0 Å². The van der Waals surface area contributed by atoms with E-state index in [1.165, 1.54) is 10.5 Å². The van der Waals surface area contributed by atoms with Gasteiger partial charge in [0.1, 0.15) is 5.75 Å². The highest BCUT2D eigenvalue weighted by atomic mass is 32.2. The molecule has 1 aliphatic heterocycles. The number of rotatable bonds is 4. The van der Waals surface area contributed by atoms with Crippen LogP contribution in [0.3, 0.4) is 0 Å². The van der Waals surface area contributed by atoms with Gasteiger partial charge in [-0.15, -0.1) is 11.8 Å². The molecule has 3 nitrogen and oxygen atoms in total. The molecule has 0 saturated carbocycles. The van der Waals surface area contributed by atoms with E-state index in [9.17, 15) is 0 Å². The second-order valence-corrected chi connectivity index (χ2v) is 6.10. The number of hydrogen-bond acceptors (Lipinski definition) is 4. The van der Waals surface area contributed by atoms with E-state index < -0.39 is 0 Å². The van der Waals surface area contributed by atoms with Gasteiger partial charge in [0, 0.05) is 22.1 Å². The van der Waals surface area contributed by atoms with Crippen molar-refractivity contribution in [3.63, 3.8) is 0 Å². The minimum atomic E-state index is 0.408. The van der Waals surface area contributed by atoms with Gasteiger partial charge < -0.3 is 9.94 Å². The molecule has 3 rings (SSSR count). The third kappa shape index (κ3) is 2.90. The molecule has 4 heteroatoms. The third-order valence-electron chi connectivity index (χ3n) is 3.67. The number of nitrogens with zero attached hydrogens (tertiary/aromatic N) is 1. The van der Waals surface area contributed by atoms with Gasteiger partial charge in [0.15, 0.2) is 0 Å². The summed E-state index contributed by atoms with van der Waals surface area (Å²) in [4.78, 5) is 1.35. The average Bonchev–Trinajstić information content (AvgIpc) is 2.96. The minimum Gasteiger partial charge on any atom is -0.492 e. The van der Waals surface area contributed by atoms with Gasteiger partial charge in [0.25, 0.3) is 0 Å². The summed E-state index contributed by atoms with van der Waals surface area (Å²) in [6, 6.07) is 16.2. The summed E-state index contributed by atoms with van der Waals surface area (Å²) in [5.74, 6) is 2.22. The van der Waals surface area contributed by atoms with Gasteiger partial charge >= 0.3 is 0 Å². The molecule has 0 saturated heterocycles. The first-order chi connectivity index (χ1) is 10.3. The Hall–Kier alpha value is -1.94. The van der Waals surface area contributed by atoms with Crippen LogP contribution >= 0.6 is 11.8 Å². The maximum absolute atomic E-state index is 8.95. The Morgan fingerprint density at radius 1 is 1.24 bits per heavy atom. The molecule has 0 bridgehead atoms. The Bertz CT molecular complexity index is 669. The van der Waals surface area contributed by atoms with E-state index in [1.807, 2.05) is 36.0 Å². The van der Waals surface area contributed by atoms with E-state index in [0.717, 1.165) is 17.1 Å². The van der Waals surface area contributed by atoms with Crippen LogP contribution in [0, 0.1) is 0 Å². The van der Waals surface area contributed by atoms with Crippen molar-refractivity contribution in [2.24, 2.45) is 5.16 Å². The van der Waals surface area contributed by atoms with Crippen LogP contribution in [0.25, 0.3) is 0 Å². The van der Waals surface area contributed by atoms with Gasteiger partial charge in [-0.3, -0.25) is 0 Å². The Labute approximate surface area is 128 Å². The molecule has 0 aromatic heterocycles. The predicted molar refractivity (Wildman–Crippen MR) is 85.8 cm³/mol. The lowest BCUT2D eigenvalue weighted by Gasteiger charge is -2.15. The molecule has 1 heterocycles. The first-order valence-corrected chi connectivity index (χ1v) is 7.90. The lowest BCUT2D eigenvalue weighted by Crippen LogP contribution is -2.11. The zero-order chi connectivity index (χ0) is 14.7. The topological polar surface area (TPSA) is 41.8 Å². The van der Waals surface area contributed by atoms with Crippen molar-refractivity contribution in [3.8, 4) is 5.75 Å². The highest BCUT2D eigenvalue weighted by Crippen LogP contribution is 2.39. The van der Waals surface area contributed by atoms with Gasteiger partial charge in [0.2, 0.25) is 0 Å². The van der Waals surface area contributed by atoms with E-state index in [2.05, 4.69) is 29.4 Å². The fourth-order valence-corrected chi connectivity index (χ4v) is 3.74. The normalized spacial score (nSPS) is 17.6. The fraction of sp³-hybridized carbons (Fsp3) is 0.235. The van der Waals surface area contributed by atoms with Gasteiger partial charge in [-0.2, -0.15) is 0 Å². The first kappa shape index (κ1) is 14.0. The Balaban J connectivity index is 1.75. The zero-order valence-corrected chi connectivity index (χ0v) is 12.6. The summed E-state index contributed by atoms with van der Waals surface area (Å²) in [5.41, 5.74) is 2.76. The maximum Gasteiger partial charge on any atom is 0.128 e. The highest BCUT2D eigenvalue weighted by molar-refractivity contribution is 7.99. The van der Waals surface area contributed by atoms with Crippen LogP contribution in [0.1, 0.15) is 24.0 Å². The number of para-hydroxylation sites is 1. The molecule has 0 radical (unpaired) electrons. The molecule has 1 aliphatic rings. The van der Waals surface area contributed by atoms with Crippen molar-refractivity contribution < 1.29 is 9.94 Å². The number of fused-ring (bicyclic) bond motifs is 1. The van der Waals surface area contributed by atoms with E-state index >= 15 is 0 Å². The molecule has 0 spiro atoms. The van der Waals surface area contributed by atoms with E-state index in [0.29, 0.717) is 18.2 Å². The Morgan fingerprint density at radius 3 is 2.86 bits per heavy atom. The Kier molecular flexibility index (Phi) is 4.15. The largest absolute Gasteiger partial charge is 0.492 e. The second-order valence-electron chi connectivity index (χ2n) is 5.04. The third-order valence-corrected chi connectivity index (χ3v) is 4.92. The van der Waals surface area contributed by atoms with Crippen LogP contribution in [0.2, 0.25) is 0 Å². The summed E-state index contributed by atoms with van der Waals surface area (Å²) in [6.45, 7) is 2.41. The van der Waals surface area contributed by atoms with Gasteiger partial charge in [-0.1, -0.05) is 35.5 Å². The van der Waals surface area contributed by atoms with Crippen molar-refractivity contribution in [1.29, 1.82) is 0 Å². The Morgan fingerprint density at radius 2 is 2.00 bits per heavy atom. The quantitative estimate of drug-likeness (QED) is 0.524. The molecule has 2 aromatic rings. The van der Waals surface area contributed by atoms with Crippen molar-refractivity contribution in [3.05, 3.63) is 59.7 Å². The van der Waals surface area contributed by atoms with Gasteiger partial charge in [-0.25, -0.2) is 0 Å². The summed E-state index contributed by atoms with van der Waals surface area (Å²) < 4.78 is 6.00. The lowest BCUT2D eigenvalue weighted by molar-refractivity contribution is 0.296. The smallest absolute Gasteiger partial charge is 0.128 e. The molecule has 2 aromatic carbocycles. The number of benzene rings is 2. The van der Waals surface area contributed by atoms with Crippen LogP contribution in [0.5, 0.6) is 5.75 Å². The van der Waals surface area contributed by atoms with Crippen LogP contribution < -0.4 is 4.74 Å². The molecule has 1 atom stereocenters. The lowest BCUT2D eigenvalue weighted by atomic mass is 10.0. The molecular weight excluding hydrogens is 282 g/mol. The standard InChI is InChI=1S/C17H17NO2S/c1-12(18-19)14-6-2-4-8-16(14)20-10-13-11-21-17-9-5-3-7-15(13)17/h2-9,13,19H,10-11H2,1H3. The second kappa shape index (κ2) is 6.22. The van der Waals surface area contributed by atoms with E-state index in [1.54, 1.807) is 6.92 Å². The molecule has 108 valence electrons. The molecule has 1 unspecified atom stereocenters. The maximum atomic E-state index is 8.95. The minimum absolute atomic E-state index is 0.408. The van der Waals surface area contributed by atoms with Crippen LogP contribution in [-0.4, -0.2) is 23.3 Å². The van der Waals surface area contributed by atoms with Crippen LogP contribution in [0.15, 0.2) is 58.6 Å². The summed E-state index contributed by atoms with van der Waals surface area (Å²) in [6.07, 6.45) is 0. The summed E-state index contributed by atoms with van der Waals surface area (Å²) in [5, 5.41) is 12.2. The summed E-state index contributed by atoms with van der Waals surface area (Å²) >= 11 is 1.88. The molecule has 0 aliphatic carbocycles. The van der Waals surface area contributed by atoms with Crippen molar-refractivity contribution in [1.82, 2.24) is 0 Å². The summed E-state index contributed by atoms with van der Waals surface area (Å²) in [7, 11) is 0. The van der Waals surface area contributed by atoms with Crippen molar-refractivity contribution in [2.45, 2.75) is 17.7 Å². The van der Waals surface area contributed by atoms with Gasteiger partial charge in [-0.05, 0) is 30.7 Å². The SMILES string of the molecule is CC(=NO)c1ccccc1OCC1CSc2ccccc21. The number of ether oxygens (including phenoxy) is 1. The first-order valence-electron chi connectivity index (χ1n) is 6.92. The highest BCUT2D eigenvalue weighted by Gasteiger charge is 2.23.